The number of anilines is 1. The number of aryl methyl sites for hydroxylation is 1. The number of rotatable bonds is 9. The first-order valence-electron chi connectivity index (χ1n) is 12.7. The van der Waals surface area contributed by atoms with Gasteiger partial charge in [-0.05, 0) is 68.4 Å². The van der Waals surface area contributed by atoms with Crippen LogP contribution in [0.2, 0.25) is 0 Å². The van der Waals surface area contributed by atoms with Crippen LogP contribution < -0.4 is 5.32 Å². The highest BCUT2D eigenvalue weighted by molar-refractivity contribution is 7.89. The van der Waals surface area contributed by atoms with E-state index in [4.69, 9.17) is 0 Å². The molecule has 4 rings (SSSR count). The largest absolute Gasteiger partial charge is 0.326 e. The molecule has 1 N–H and O–H groups in total. The summed E-state index contributed by atoms with van der Waals surface area (Å²) in [6.45, 7) is 1.75. The van der Waals surface area contributed by atoms with E-state index in [0.29, 0.717) is 51.1 Å². The number of sulfonamides is 2. The molecular weight excluding hydrogens is 498 g/mol. The molecule has 0 radical (unpaired) electrons. The van der Waals surface area contributed by atoms with Crippen LogP contribution in [0, 0.1) is 5.92 Å². The molecule has 2 aliphatic heterocycles. The summed E-state index contributed by atoms with van der Waals surface area (Å²) in [5.74, 6) is -0.342. The van der Waals surface area contributed by atoms with E-state index in [-0.39, 0.29) is 22.5 Å². The molecule has 2 fully saturated rings. The summed E-state index contributed by atoms with van der Waals surface area (Å²) in [4.78, 5) is 13.0. The van der Waals surface area contributed by atoms with Crippen molar-refractivity contribution in [1.82, 2.24) is 8.61 Å². The van der Waals surface area contributed by atoms with Crippen LogP contribution in [0.3, 0.4) is 0 Å². The van der Waals surface area contributed by atoms with Crippen molar-refractivity contribution < 1.29 is 21.6 Å². The van der Waals surface area contributed by atoms with Gasteiger partial charge in [0.05, 0.1) is 10.6 Å². The molecule has 2 heterocycles. The molecular formula is C26H35N3O5S2. The van der Waals surface area contributed by atoms with Gasteiger partial charge in [0, 0.05) is 37.8 Å². The van der Waals surface area contributed by atoms with Crippen LogP contribution in [0.1, 0.15) is 44.1 Å². The molecule has 0 aliphatic carbocycles. The predicted molar refractivity (Wildman–Crippen MR) is 141 cm³/mol. The third-order valence-electron chi connectivity index (χ3n) is 7.00. The lowest BCUT2D eigenvalue weighted by Gasteiger charge is -2.30. The zero-order valence-electron chi connectivity index (χ0n) is 20.5. The summed E-state index contributed by atoms with van der Waals surface area (Å²) in [6, 6.07) is 16.1. The second kappa shape index (κ2) is 11.9. The van der Waals surface area contributed by atoms with Crippen molar-refractivity contribution in [3.8, 4) is 0 Å². The third-order valence-corrected chi connectivity index (χ3v) is 10.9. The first-order valence-corrected chi connectivity index (χ1v) is 15.7. The number of nitrogens with zero attached hydrogens (tertiary/aromatic N) is 2. The van der Waals surface area contributed by atoms with Gasteiger partial charge >= 0.3 is 0 Å². The minimum absolute atomic E-state index is 0.103. The van der Waals surface area contributed by atoms with Crippen LogP contribution in [0.4, 0.5) is 5.69 Å². The van der Waals surface area contributed by atoms with Gasteiger partial charge in [0.1, 0.15) is 0 Å². The van der Waals surface area contributed by atoms with Gasteiger partial charge in [-0.2, -0.15) is 4.31 Å². The minimum Gasteiger partial charge on any atom is -0.326 e. The van der Waals surface area contributed by atoms with Crippen molar-refractivity contribution in [2.45, 2.75) is 49.8 Å². The quantitative estimate of drug-likeness (QED) is 0.532. The number of nitrogens with one attached hydrogen (secondary N) is 1. The fourth-order valence-electron chi connectivity index (χ4n) is 4.84. The first kappa shape index (κ1) is 26.8. The Balaban J connectivity index is 1.25. The highest BCUT2D eigenvalue weighted by Crippen LogP contribution is 2.24. The molecule has 0 bridgehead atoms. The number of amides is 1. The molecule has 0 saturated carbocycles. The molecule has 2 aromatic carbocycles. The maximum Gasteiger partial charge on any atom is 0.243 e. The number of piperidine rings is 2. The lowest BCUT2D eigenvalue weighted by molar-refractivity contribution is -0.120. The molecule has 2 aliphatic rings. The average Bonchev–Trinajstić information content (AvgIpc) is 2.90. The molecule has 2 aromatic rings. The normalized spacial score (nSPS) is 18.7. The molecule has 1 amide bonds. The van der Waals surface area contributed by atoms with Crippen LogP contribution in [0.5, 0.6) is 0 Å². The Labute approximate surface area is 214 Å². The van der Waals surface area contributed by atoms with Crippen molar-refractivity contribution >= 4 is 31.6 Å². The Morgan fingerprint density at radius 3 is 2.08 bits per heavy atom. The Bertz CT molecular complexity index is 1220. The highest BCUT2D eigenvalue weighted by atomic mass is 32.2. The standard InChI is InChI=1S/C26H35N3O5S2/c30-26(27-24-11-13-25(14-12-24)36(33,34)29-17-5-2-6-18-29)23-15-19-28(20-16-23)35(31,32)21-7-10-22-8-3-1-4-9-22/h1,3-4,8-9,11-14,23H,2,5-7,10,15-21H2,(H,27,30). The summed E-state index contributed by atoms with van der Waals surface area (Å²) in [7, 11) is -6.86. The number of benzene rings is 2. The molecule has 0 unspecified atom stereocenters. The lowest BCUT2D eigenvalue weighted by Crippen LogP contribution is -2.42. The number of hydrogen-bond acceptors (Lipinski definition) is 5. The van der Waals surface area contributed by atoms with Crippen LogP contribution >= 0.6 is 0 Å². The van der Waals surface area contributed by atoms with Crippen LogP contribution in [-0.2, 0) is 31.3 Å². The fourth-order valence-corrected chi connectivity index (χ4v) is 7.89. The Kier molecular flexibility index (Phi) is 8.82. The maximum atomic E-state index is 12.8. The van der Waals surface area contributed by atoms with Crippen LogP contribution in [0.25, 0.3) is 0 Å². The van der Waals surface area contributed by atoms with Crippen molar-refractivity contribution in [1.29, 1.82) is 0 Å². The maximum absolute atomic E-state index is 12.8. The van der Waals surface area contributed by atoms with E-state index in [2.05, 4.69) is 5.32 Å². The van der Waals surface area contributed by atoms with E-state index in [1.165, 1.54) is 20.7 Å². The summed E-state index contributed by atoms with van der Waals surface area (Å²) >= 11 is 0. The van der Waals surface area contributed by atoms with Gasteiger partial charge in [0.2, 0.25) is 26.0 Å². The van der Waals surface area contributed by atoms with Crippen molar-refractivity contribution in [3.05, 3.63) is 60.2 Å². The van der Waals surface area contributed by atoms with Crippen molar-refractivity contribution in [2.75, 3.05) is 37.2 Å². The highest BCUT2D eigenvalue weighted by Gasteiger charge is 2.31. The van der Waals surface area contributed by atoms with Crippen molar-refractivity contribution in [2.24, 2.45) is 5.92 Å². The van der Waals surface area contributed by atoms with Gasteiger partial charge in [-0.15, -0.1) is 0 Å². The summed E-state index contributed by atoms with van der Waals surface area (Å²) in [5.41, 5.74) is 1.66. The van der Waals surface area contributed by atoms with Gasteiger partial charge in [0.15, 0.2) is 0 Å². The third kappa shape index (κ3) is 6.73. The monoisotopic (exact) mass is 533 g/mol. The molecule has 10 heteroatoms. The minimum atomic E-state index is -3.51. The lowest BCUT2D eigenvalue weighted by atomic mass is 9.97. The molecule has 36 heavy (non-hydrogen) atoms. The zero-order chi connectivity index (χ0) is 25.6. The molecule has 0 atom stereocenters. The molecule has 0 spiro atoms. The molecule has 8 nitrogen and oxygen atoms in total. The first-order chi connectivity index (χ1) is 17.3. The number of carbonyl (C=O) groups is 1. The Morgan fingerprint density at radius 2 is 1.44 bits per heavy atom. The van der Waals surface area contributed by atoms with Crippen LogP contribution in [-0.4, -0.2) is 63.3 Å². The van der Waals surface area contributed by atoms with Gasteiger partial charge in [0.25, 0.3) is 0 Å². The number of hydrogen-bond donors (Lipinski definition) is 1. The second-order valence-electron chi connectivity index (χ2n) is 9.56. The summed E-state index contributed by atoms with van der Waals surface area (Å²) in [6.07, 6.45) is 5.02. The van der Waals surface area contributed by atoms with E-state index >= 15 is 0 Å². The average molecular weight is 534 g/mol. The topological polar surface area (TPSA) is 104 Å². The van der Waals surface area contributed by atoms with Gasteiger partial charge in [-0.3, -0.25) is 4.79 Å². The van der Waals surface area contributed by atoms with Crippen molar-refractivity contribution in [3.63, 3.8) is 0 Å². The van der Waals surface area contributed by atoms with Gasteiger partial charge < -0.3 is 5.32 Å². The Hall–Kier alpha value is -2.27. The smallest absolute Gasteiger partial charge is 0.243 e. The summed E-state index contributed by atoms with van der Waals surface area (Å²) < 4.78 is 54.1. The van der Waals surface area contributed by atoms with E-state index in [0.717, 1.165) is 31.2 Å². The van der Waals surface area contributed by atoms with Crippen LogP contribution in [0.15, 0.2) is 59.5 Å². The van der Waals surface area contributed by atoms with E-state index in [1.54, 1.807) is 12.1 Å². The van der Waals surface area contributed by atoms with Gasteiger partial charge in [-0.25, -0.2) is 21.1 Å². The van der Waals surface area contributed by atoms with Gasteiger partial charge in [-0.1, -0.05) is 36.8 Å². The molecule has 196 valence electrons. The predicted octanol–water partition coefficient (Wildman–Crippen LogP) is 3.47. The SMILES string of the molecule is O=C(Nc1ccc(S(=O)(=O)N2CCCCC2)cc1)C1CCN(S(=O)(=O)CCCc2ccccc2)CC1. The molecule has 0 aromatic heterocycles. The van der Waals surface area contributed by atoms with E-state index in [1.807, 2.05) is 30.3 Å². The van der Waals surface area contributed by atoms with E-state index in [9.17, 15) is 21.6 Å². The second-order valence-corrected chi connectivity index (χ2v) is 13.6. The van der Waals surface area contributed by atoms with E-state index < -0.39 is 20.0 Å². The Morgan fingerprint density at radius 1 is 0.806 bits per heavy atom. The zero-order valence-corrected chi connectivity index (χ0v) is 22.1. The summed E-state index contributed by atoms with van der Waals surface area (Å²) in [5, 5.41) is 2.86. The fraction of sp³-hybridized carbons (Fsp3) is 0.500. The molecule has 2 saturated heterocycles. The number of carbonyl (C=O) groups excluding carboxylic acids is 1.